The van der Waals surface area contributed by atoms with Crippen molar-refractivity contribution in [2.45, 2.75) is 20.1 Å². The van der Waals surface area contributed by atoms with Crippen molar-refractivity contribution in [2.75, 3.05) is 6.61 Å². The van der Waals surface area contributed by atoms with Crippen LogP contribution in [0.4, 0.5) is 0 Å². The molecule has 0 aromatic carbocycles. The summed E-state index contributed by atoms with van der Waals surface area (Å²) in [4.78, 5) is 0. The Morgan fingerprint density at radius 3 is 2.56 bits per heavy atom. The van der Waals surface area contributed by atoms with Gasteiger partial charge in [-0.15, -0.1) is 6.58 Å². The Bertz CT molecular complexity index is 81.0. The molecule has 0 unspecified atom stereocenters. The lowest BCUT2D eigenvalue weighted by molar-refractivity contribution is 0.0456. The topological polar surface area (TPSA) is 35.2 Å². The Hall–Kier alpha value is -0.340. The van der Waals surface area contributed by atoms with E-state index in [0.29, 0.717) is 12.5 Å². The molecule has 2 nitrogen and oxygen atoms in total. The van der Waals surface area contributed by atoms with Gasteiger partial charge < -0.3 is 10.5 Å². The molecule has 0 spiro atoms. The van der Waals surface area contributed by atoms with Gasteiger partial charge in [0.2, 0.25) is 0 Å². The third kappa shape index (κ3) is 4.18. The van der Waals surface area contributed by atoms with Gasteiger partial charge >= 0.3 is 0 Å². The minimum Gasteiger partial charge on any atom is -0.359 e. The predicted molar refractivity (Wildman–Crippen MR) is 39.0 cm³/mol. The van der Waals surface area contributed by atoms with Crippen LogP contribution in [0.3, 0.4) is 0 Å². The lowest BCUT2D eigenvalue weighted by Crippen LogP contribution is -2.29. The van der Waals surface area contributed by atoms with Crippen LogP contribution < -0.4 is 5.73 Å². The molecular formula is C7H15NO. The highest BCUT2D eigenvalue weighted by molar-refractivity contribution is 4.65. The summed E-state index contributed by atoms with van der Waals surface area (Å²) in [6, 6.07) is 0. The second-order valence-electron chi connectivity index (χ2n) is 2.33. The van der Waals surface area contributed by atoms with Gasteiger partial charge in [0.15, 0.2) is 0 Å². The van der Waals surface area contributed by atoms with Crippen LogP contribution in [0.5, 0.6) is 0 Å². The molecule has 0 fully saturated rings. The molecule has 0 aliphatic carbocycles. The first-order valence-corrected chi connectivity index (χ1v) is 3.16. The van der Waals surface area contributed by atoms with Crippen LogP contribution in [-0.4, -0.2) is 12.8 Å². The van der Waals surface area contributed by atoms with Crippen LogP contribution in [0.25, 0.3) is 0 Å². The minimum atomic E-state index is -0.150. The maximum absolute atomic E-state index is 5.53. The van der Waals surface area contributed by atoms with Gasteiger partial charge in [0, 0.05) is 0 Å². The molecule has 0 aromatic heterocycles. The monoisotopic (exact) mass is 129 g/mol. The van der Waals surface area contributed by atoms with Crippen molar-refractivity contribution in [1.29, 1.82) is 0 Å². The zero-order valence-corrected chi connectivity index (χ0v) is 6.13. The average molecular weight is 129 g/mol. The Morgan fingerprint density at radius 1 is 1.67 bits per heavy atom. The zero-order chi connectivity index (χ0) is 7.28. The van der Waals surface area contributed by atoms with E-state index in [9.17, 15) is 0 Å². The van der Waals surface area contributed by atoms with E-state index in [2.05, 4.69) is 6.58 Å². The zero-order valence-electron chi connectivity index (χ0n) is 6.13. The summed E-state index contributed by atoms with van der Waals surface area (Å²) in [5.41, 5.74) is 5.53. The van der Waals surface area contributed by atoms with Gasteiger partial charge in [-0.25, -0.2) is 0 Å². The highest BCUT2D eigenvalue weighted by Gasteiger charge is 2.04. The average Bonchev–Trinajstić information content (AvgIpc) is 1.82. The quantitative estimate of drug-likeness (QED) is 0.456. The fraction of sp³-hybridized carbons (Fsp3) is 0.714. The van der Waals surface area contributed by atoms with Crippen LogP contribution in [0.2, 0.25) is 0 Å². The fourth-order valence-electron chi connectivity index (χ4n) is 0.372. The van der Waals surface area contributed by atoms with Gasteiger partial charge in [0.05, 0.1) is 6.61 Å². The van der Waals surface area contributed by atoms with E-state index in [-0.39, 0.29) is 6.23 Å². The third-order valence-electron chi connectivity index (χ3n) is 1.06. The second-order valence-corrected chi connectivity index (χ2v) is 2.33. The normalized spacial score (nSPS) is 13.8. The van der Waals surface area contributed by atoms with Gasteiger partial charge in [0.1, 0.15) is 6.23 Å². The fourth-order valence-corrected chi connectivity index (χ4v) is 0.372. The summed E-state index contributed by atoms with van der Waals surface area (Å²) in [6.07, 6.45) is 1.55. The van der Waals surface area contributed by atoms with Crippen LogP contribution in [0, 0.1) is 5.92 Å². The molecule has 54 valence electrons. The van der Waals surface area contributed by atoms with Gasteiger partial charge in [-0.2, -0.15) is 0 Å². The van der Waals surface area contributed by atoms with Gasteiger partial charge in [-0.05, 0) is 5.92 Å². The number of rotatable bonds is 4. The molecule has 0 rings (SSSR count). The summed E-state index contributed by atoms with van der Waals surface area (Å²) in [6.45, 7) is 8.10. The summed E-state index contributed by atoms with van der Waals surface area (Å²) in [5.74, 6) is 0.380. The van der Waals surface area contributed by atoms with E-state index in [4.69, 9.17) is 10.5 Å². The number of hydrogen-bond acceptors (Lipinski definition) is 2. The van der Waals surface area contributed by atoms with Crippen molar-refractivity contribution < 1.29 is 4.74 Å². The van der Waals surface area contributed by atoms with Crippen LogP contribution >= 0.6 is 0 Å². The molecule has 0 aliphatic heterocycles. The smallest absolute Gasteiger partial charge is 0.108 e. The van der Waals surface area contributed by atoms with E-state index in [1.54, 1.807) is 6.08 Å². The highest BCUT2D eigenvalue weighted by atomic mass is 16.5. The van der Waals surface area contributed by atoms with Crippen molar-refractivity contribution in [2.24, 2.45) is 11.7 Å². The molecule has 0 bridgehead atoms. The third-order valence-corrected chi connectivity index (χ3v) is 1.06. The molecule has 0 saturated heterocycles. The van der Waals surface area contributed by atoms with Crippen LogP contribution in [0.1, 0.15) is 13.8 Å². The molecule has 0 amide bonds. The van der Waals surface area contributed by atoms with Crippen molar-refractivity contribution >= 4 is 0 Å². The molecule has 2 heteroatoms. The Kier molecular flexibility index (Phi) is 4.36. The summed E-state index contributed by atoms with van der Waals surface area (Å²) in [7, 11) is 0. The minimum absolute atomic E-state index is 0.150. The van der Waals surface area contributed by atoms with E-state index in [0.717, 1.165) is 0 Å². The van der Waals surface area contributed by atoms with Gasteiger partial charge in [-0.3, -0.25) is 0 Å². The van der Waals surface area contributed by atoms with Crippen LogP contribution in [-0.2, 0) is 4.74 Å². The summed E-state index contributed by atoms with van der Waals surface area (Å²) >= 11 is 0. The van der Waals surface area contributed by atoms with Crippen LogP contribution in [0.15, 0.2) is 12.7 Å². The summed E-state index contributed by atoms with van der Waals surface area (Å²) < 4.78 is 5.11. The Morgan fingerprint density at radius 2 is 2.22 bits per heavy atom. The first-order chi connectivity index (χ1) is 4.18. The maximum Gasteiger partial charge on any atom is 0.108 e. The van der Waals surface area contributed by atoms with Crippen molar-refractivity contribution in [3.63, 3.8) is 0 Å². The molecular weight excluding hydrogens is 114 g/mol. The first-order valence-electron chi connectivity index (χ1n) is 3.16. The number of hydrogen-bond donors (Lipinski definition) is 1. The predicted octanol–water partition coefficient (Wildman–Crippen LogP) is 1.13. The molecule has 0 saturated carbocycles. The molecule has 2 N–H and O–H groups in total. The first kappa shape index (κ1) is 8.66. The number of ether oxygens (including phenoxy) is 1. The number of nitrogens with two attached hydrogens (primary N) is 1. The van der Waals surface area contributed by atoms with E-state index < -0.39 is 0 Å². The van der Waals surface area contributed by atoms with Gasteiger partial charge in [0.25, 0.3) is 0 Å². The van der Waals surface area contributed by atoms with Crippen molar-refractivity contribution in [3.8, 4) is 0 Å². The summed E-state index contributed by atoms with van der Waals surface area (Å²) in [5, 5.41) is 0. The second kappa shape index (κ2) is 4.53. The van der Waals surface area contributed by atoms with E-state index in [1.165, 1.54) is 0 Å². The molecule has 1 atom stereocenters. The molecule has 0 heterocycles. The molecule has 0 radical (unpaired) electrons. The lowest BCUT2D eigenvalue weighted by atomic mass is 10.2. The molecule has 0 aromatic rings. The van der Waals surface area contributed by atoms with Crippen molar-refractivity contribution in [1.82, 2.24) is 0 Å². The van der Waals surface area contributed by atoms with E-state index in [1.807, 2.05) is 13.8 Å². The van der Waals surface area contributed by atoms with E-state index >= 15 is 0 Å². The lowest BCUT2D eigenvalue weighted by Gasteiger charge is -2.14. The largest absolute Gasteiger partial charge is 0.359 e. The standard InChI is InChI=1S/C7H15NO/c1-4-5-9-7(8)6(2)3/h4,6-7H,1,5,8H2,2-3H3/t7-/m1/s1. The van der Waals surface area contributed by atoms with Crippen molar-refractivity contribution in [3.05, 3.63) is 12.7 Å². The van der Waals surface area contributed by atoms with Gasteiger partial charge in [-0.1, -0.05) is 19.9 Å². The maximum atomic E-state index is 5.53. The molecule has 9 heavy (non-hydrogen) atoms. The Balaban J connectivity index is 3.26. The molecule has 0 aliphatic rings. The highest BCUT2D eigenvalue weighted by Crippen LogP contribution is 1.98. The Labute approximate surface area is 56.7 Å². The SMILES string of the molecule is C=CCO[C@@H](N)C(C)C.